The first-order chi connectivity index (χ1) is 15.5. The molecule has 1 saturated heterocycles. The number of hydrogen-bond donors (Lipinski definition) is 0. The zero-order chi connectivity index (χ0) is 22.8. The largest absolute Gasteiger partial charge is 0.370 e. The summed E-state index contributed by atoms with van der Waals surface area (Å²) in [5, 5.41) is 0. The van der Waals surface area contributed by atoms with Crippen molar-refractivity contribution in [2.45, 2.75) is 64.8 Å². The van der Waals surface area contributed by atoms with Crippen molar-refractivity contribution >= 4 is 0 Å². The molecular weight excluding hydrogens is 402 g/mol. The Bertz CT molecular complexity index is 958. The Morgan fingerprint density at radius 2 is 2.00 bits per heavy atom. The Hall–Kier alpha value is -2.36. The fourth-order valence-electron chi connectivity index (χ4n) is 6.02. The highest BCUT2D eigenvalue weighted by Crippen LogP contribution is 2.45. The van der Waals surface area contributed by atoms with E-state index in [4.69, 9.17) is 0 Å². The standard InChI is InChI=1S/C28H36F2N2/c1-5-9-23-24(15-20-13-14-22(29)16-25(20)30)19(7-3)17-32-18-21-11-8-12-26(21)31(4)27(10-6-2)28(23)32/h7,10,13-14,16-17,21,24,26H,3,5-6,8-9,11-12,15,18H2,1-2,4H3/b27-10-. The fourth-order valence-corrected chi connectivity index (χ4v) is 6.02. The van der Waals surface area contributed by atoms with Crippen molar-refractivity contribution in [3.63, 3.8) is 0 Å². The summed E-state index contributed by atoms with van der Waals surface area (Å²) < 4.78 is 28.2. The molecule has 0 aromatic heterocycles. The lowest BCUT2D eigenvalue weighted by molar-refractivity contribution is 0.254. The summed E-state index contributed by atoms with van der Waals surface area (Å²) in [5.41, 5.74) is 5.68. The van der Waals surface area contributed by atoms with Crippen molar-refractivity contribution in [2.75, 3.05) is 13.6 Å². The average Bonchev–Trinajstić information content (AvgIpc) is 3.19. The highest BCUT2D eigenvalue weighted by Gasteiger charge is 2.40. The average molecular weight is 439 g/mol. The molecule has 4 heteroatoms. The Labute approximate surface area is 192 Å². The lowest BCUT2D eigenvalue weighted by Crippen LogP contribution is -2.33. The van der Waals surface area contributed by atoms with Crippen molar-refractivity contribution in [1.82, 2.24) is 9.80 Å². The number of likely N-dealkylation sites (N-methyl/N-ethyl adjacent to an activating group) is 1. The minimum absolute atomic E-state index is 0.0465. The molecule has 2 nitrogen and oxygen atoms in total. The molecule has 172 valence electrons. The third-order valence-electron chi connectivity index (χ3n) is 7.48. The Balaban J connectivity index is 1.85. The van der Waals surface area contributed by atoms with Crippen LogP contribution >= 0.6 is 0 Å². The van der Waals surface area contributed by atoms with Gasteiger partial charge >= 0.3 is 0 Å². The van der Waals surface area contributed by atoms with E-state index < -0.39 is 11.6 Å². The SMILES string of the molecule is C=CC1=CN2CC3CCCC3N(C)/C(=C\CC)C2=C(CCC)C1Cc1ccc(F)cc1F. The molecule has 2 aliphatic heterocycles. The molecular formula is C28H36F2N2. The number of hydrogen-bond acceptors (Lipinski definition) is 2. The molecule has 0 radical (unpaired) electrons. The van der Waals surface area contributed by atoms with Crippen LogP contribution in [0.4, 0.5) is 8.78 Å². The van der Waals surface area contributed by atoms with Crippen LogP contribution in [0, 0.1) is 23.5 Å². The van der Waals surface area contributed by atoms with Gasteiger partial charge in [-0.1, -0.05) is 51.5 Å². The van der Waals surface area contributed by atoms with Crippen LogP contribution in [0.25, 0.3) is 0 Å². The molecule has 3 atom stereocenters. The smallest absolute Gasteiger partial charge is 0.129 e. The molecule has 3 aliphatic rings. The Morgan fingerprint density at radius 1 is 1.19 bits per heavy atom. The van der Waals surface area contributed by atoms with Gasteiger partial charge in [0.25, 0.3) is 0 Å². The van der Waals surface area contributed by atoms with E-state index in [1.807, 2.05) is 6.08 Å². The van der Waals surface area contributed by atoms with E-state index in [-0.39, 0.29) is 5.92 Å². The highest BCUT2D eigenvalue weighted by molar-refractivity contribution is 5.46. The number of allylic oxidation sites excluding steroid dienone is 4. The monoisotopic (exact) mass is 438 g/mol. The van der Waals surface area contributed by atoms with E-state index in [0.29, 0.717) is 23.9 Å². The van der Waals surface area contributed by atoms with Gasteiger partial charge in [-0.3, -0.25) is 0 Å². The van der Waals surface area contributed by atoms with E-state index in [1.54, 1.807) is 6.07 Å². The van der Waals surface area contributed by atoms with Crippen LogP contribution in [0.3, 0.4) is 0 Å². The molecule has 1 aromatic rings. The van der Waals surface area contributed by atoms with Crippen LogP contribution in [0.15, 0.2) is 65.7 Å². The quantitative estimate of drug-likeness (QED) is 0.473. The first-order valence-corrected chi connectivity index (χ1v) is 12.2. The Morgan fingerprint density at radius 3 is 2.69 bits per heavy atom. The van der Waals surface area contributed by atoms with E-state index in [0.717, 1.165) is 37.4 Å². The Kier molecular flexibility index (Phi) is 6.88. The summed E-state index contributed by atoms with van der Waals surface area (Å²) in [7, 11) is 2.26. The van der Waals surface area contributed by atoms with E-state index >= 15 is 0 Å². The normalized spacial score (nSPS) is 26.7. The molecule has 4 rings (SSSR count). The molecule has 1 aliphatic carbocycles. The first-order valence-electron chi connectivity index (χ1n) is 12.2. The summed E-state index contributed by atoms with van der Waals surface area (Å²) in [6, 6.07) is 4.53. The summed E-state index contributed by atoms with van der Waals surface area (Å²) in [5.74, 6) is -0.300. The van der Waals surface area contributed by atoms with Crippen LogP contribution in [0.2, 0.25) is 0 Å². The lowest BCUT2D eigenvalue weighted by Gasteiger charge is -2.38. The minimum Gasteiger partial charge on any atom is -0.370 e. The summed E-state index contributed by atoms with van der Waals surface area (Å²) in [6.45, 7) is 9.53. The van der Waals surface area contributed by atoms with Gasteiger partial charge in [-0.05, 0) is 60.8 Å². The molecule has 1 saturated carbocycles. The van der Waals surface area contributed by atoms with Gasteiger partial charge in [0.05, 0.1) is 11.4 Å². The van der Waals surface area contributed by atoms with Gasteiger partial charge in [-0.15, -0.1) is 0 Å². The zero-order valence-electron chi connectivity index (χ0n) is 19.7. The van der Waals surface area contributed by atoms with E-state index in [1.165, 1.54) is 42.3 Å². The minimum atomic E-state index is -0.530. The van der Waals surface area contributed by atoms with Gasteiger partial charge in [0.15, 0.2) is 0 Å². The van der Waals surface area contributed by atoms with Crippen LogP contribution < -0.4 is 0 Å². The predicted molar refractivity (Wildman–Crippen MR) is 128 cm³/mol. The predicted octanol–water partition coefficient (Wildman–Crippen LogP) is 6.97. The third kappa shape index (κ3) is 4.16. The molecule has 2 heterocycles. The molecule has 32 heavy (non-hydrogen) atoms. The summed E-state index contributed by atoms with van der Waals surface area (Å²) >= 11 is 0. The zero-order valence-corrected chi connectivity index (χ0v) is 19.7. The van der Waals surface area contributed by atoms with Crippen molar-refractivity contribution < 1.29 is 8.78 Å². The van der Waals surface area contributed by atoms with Gasteiger partial charge in [0.1, 0.15) is 11.6 Å². The van der Waals surface area contributed by atoms with Gasteiger partial charge in [-0.25, -0.2) is 8.78 Å². The van der Waals surface area contributed by atoms with Crippen molar-refractivity contribution in [1.29, 1.82) is 0 Å². The topological polar surface area (TPSA) is 6.48 Å². The molecule has 0 N–H and O–H groups in total. The molecule has 0 bridgehead atoms. The second-order valence-corrected chi connectivity index (χ2v) is 9.47. The van der Waals surface area contributed by atoms with Gasteiger partial charge in [0.2, 0.25) is 0 Å². The van der Waals surface area contributed by atoms with E-state index in [2.05, 4.69) is 49.5 Å². The maximum Gasteiger partial charge on any atom is 0.129 e. The van der Waals surface area contributed by atoms with Gasteiger partial charge < -0.3 is 9.80 Å². The first kappa shape index (κ1) is 22.8. The third-order valence-corrected chi connectivity index (χ3v) is 7.48. The van der Waals surface area contributed by atoms with Crippen LogP contribution in [0.5, 0.6) is 0 Å². The molecule has 0 spiro atoms. The fraction of sp³-hybridized carbons (Fsp3) is 0.500. The molecule has 3 unspecified atom stereocenters. The molecule has 0 amide bonds. The number of fused-ring (bicyclic) bond motifs is 2. The van der Waals surface area contributed by atoms with Crippen molar-refractivity contribution in [3.05, 3.63) is 82.9 Å². The van der Waals surface area contributed by atoms with Crippen LogP contribution in [-0.2, 0) is 6.42 Å². The molecule has 2 fully saturated rings. The number of rotatable bonds is 6. The second-order valence-electron chi connectivity index (χ2n) is 9.47. The van der Waals surface area contributed by atoms with Crippen LogP contribution in [0.1, 0.15) is 57.9 Å². The maximum atomic E-state index is 14.6. The van der Waals surface area contributed by atoms with Gasteiger partial charge in [-0.2, -0.15) is 0 Å². The molecule has 1 aromatic carbocycles. The lowest BCUT2D eigenvalue weighted by atomic mass is 9.79. The summed E-state index contributed by atoms with van der Waals surface area (Å²) in [4.78, 5) is 4.99. The number of halogens is 2. The van der Waals surface area contributed by atoms with Gasteiger partial charge in [0, 0.05) is 37.8 Å². The van der Waals surface area contributed by atoms with Crippen molar-refractivity contribution in [3.8, 4) is 0 Å². The van der Waals surface area contributed by atoms with E-state index in [9.17, 15) is 8.78 Å². The summed E-state index contributed by atoms with van der Waals surface area (Å²) in [6.07, 6.45) is 13.8. The van der Waals surface area contributed by atoms with Crippen molar-refractivity contribution in [2.24, 2.45) is 11.8 Å². The maximum absolute atomic E-state index is 14.6. The second kappa shape index (κ2) is 9.64. The van der Waals surface area contributed by atoms with Crippen LogP contribution in [-0.4, -0.2) is 29.4 Å². The number of nitrogens with zero attached hydrogens (tertiary/aromatic N) is 2. The highest BCUT2D eigenvalue weighted by atomic mass is 19.1. The number of benzene rings is 1.